The fraction of sp³-hybridized carbons (Fsp3) is 0.304. The number of carbonyl (C=O) groups excluding carboxylic acids is 2. The summed E-state index contributed by atoms with van der Waals surface area (Å²) in [7, 11) is 0. The Balaban J connectivity index is 2.17. The van der Waals surface area contributed by atoms with Gasteiger partial charge in [0.05, 0.1) is 0 Å². The fourth-order valence-electron chi connectivity index (χ4n) is 2.70. The van der Waals surface area contributed by atoms with Gasteiger partial charge in [0.25, 0.3) is 0 Å². The lowest BCUT2D eigenvalue weighted by atomic mass is 10.1. The molecule has 0 saturated heterocycles. The van der Waals surface area contributed by atoms with Crippen LogP contribution in [0.2, 0.25) is 0 Å². The molecule has 2 aromatic carbocycles. The van der Waals surface area contributed by atoms with Gasteiger partial charge in [-0.25, -0.2) is 9.59 Å². The number of esters is 2. The third-order valence-electron chi connectivity index (χ3n) is 4.07. The monoisotopic (exact) mass is 398 g/mol. The molecule has 0 N–H and O–H groups in total. The standard InChI is InChI=1S/C23H26O6/c1-6-21(24)28-16(4)13-26-20-10-8-9-19-18(20)12-11-15(3)23(19)27-14-17(5)29-22(25)7-2/h6-12,16-17H,1-2,13-14H2,3-5H3. The summed E-state index contributed by atoms with van der Waals surface area (Å²) >= 11 is 0. The van der Waals surface area contributed by atoms with Crippen LogP contribution in [0.3, 0.4) is 0 Å². The van der Waals surface area contributed by atoms with Gasteiger partial charge in [-0.1, -0.05) is 37.4 Å². The molecule has 0 spiro atoms. The van der Waals surface area contributed by atoms with E-state index in [1.807, 2.05) is 37.3 Å². The number of fused-ring (bicyclic) bond motifs is 1. The molecular weight excluding hydrogens is 372 g/mol. The number of ether oxygens (including phenoxy) is 4. The summed E-state index contributed by atoms with van der Waals surface area (Å²) in [6.45, 7) is 12.6. The molecule has 0 heterocycles. The minimum Gasteiger partial charge on any atom is -0.489 e. The van der Waals surface area contributed by atoms with Gasteiger partial charge in [-0.2, -0.15) is 0 Å². The predicted octanol–water partition coefficient (Wildman–Crippen LogP) is 4.14. The maximum absolute atomic E-state index is 11.3. The smallest absolute Gasteiger partial charge is 0.330 e. The van der Waals surface area contributed by atoms with Crippen molar-refractivity contribution >= 4 is 22.7 Å². The van der Waals surface area contributed by atoms with Gasteiger partial charge >= 0.3 is 11.9 Å². The van der Waals surface area contributed by atoms with E-state index in [2.05, 4.69) is 13.2 Å². The molecule has 6 heteroatoms. The molecule has 154 valence electrons. The fourth-order valence-corrected chi connectivity index (χ4v) is 2.70. The normalized spacial score (nSPS) is 12.5. The van der Waals surface area contributed by atoms with Gasteiger partial charge in [-0.15, -0.1) is 0 Å². The lowest BCUT2D eigenvalue weighted by molar-refractivity contribution is -0.144. The Labute approximate surface area is 170 Å². The number of rotatable bonds is 10. The minimum atomic E-state index is -0.489. The first kappa shape index (κ1) is 22.0. The average Bonchev–Trinajstić information content (AvgIpc) is 2.70. The molecule has 2 rings (SSSR count). The van der Waals surface area contributed by atoms with E-state index in [1.165, 1.54) is 0 Å². The molecule has 0 bridgehead atoms. The van der Waals surface area contributed by atoms with Crippen molar-refractivity contribution in [2.45, 2.75) is 33.0 Å². The van der Waals surface area contributed by atoms with Gasteiger partial charge in [-0.3, -0.25) is 0 Å². The van der Waals surface area contributed by atoms with Crippen molar-refractivity contribution in [2.75, 3.05) is 13.2 Å². The first-order valence-corrected chi connectivity index (χ1v) is 9.29. The molecule has 29 heavy (non-hydrogen) atoms. The zero-order chi connectivity index (χ0) is 21.4. The van der Waals surface area contributed by atoms with Gasteiger partial charge in [-0.05, 0) is 32.4 Å². The zero-order valence-corrected chi connectivity index (χ0v) is 17.0. The van der Waals surface area contributed by atoms with Crippen LogP contribution < -0.4 is 9.47 Å². The Morgan fingerprint density at radius 2 is 1.48 bits per heavy atom. The third-order valence-corrected chi connectivity index (χ3v) is 4.07. The quantitative estimate of drug-likeness (QED) is 0.442. The maximum atomic E-state index is 11.3. The Morgan fingerprint density at radius 3 is 2.07 bits per heavy atom. The van der Waals surface area contributed by atoms with Crippen LogP contribution >= 0.6 is 0 Å². The van der Waals surface area contributed by atoms with Gasteiger partial charge in [0.15, 0.2) is 0 Å². The van der Waals surface area contributed by atoms with Crippen LogP contribution in [0.25, 0.3) is 10.8 Å². The number of carbonyl (C=O) groups is 2. The molecule has 0 aromatic heterocycles. The Bertz CT molecular complexity index is 902. The van der Waals surface area contributed by atoms with Gasteiger partial charge < -0.3 is 18.9 Å². The second kappa shape index (κ2) is 10.3. The van der Waals surface area contributed by atoms with Crippen LogP contribution in [0.15, 0.2) is 55.6 Å². The van der Waals surface area contributed by atoms with Crippen molar-refractivity contribution in [3.8, 4) is 11.5 Å². The molecule has 0 aliphatic rings. The zero-order valence-electron chi connectivity index (χ0n) is 17.0. The highest BCUT2D eigenvalue weighted by Gasteiger charge is 2.14. The molecule has 2 aromatic rings. The summed E-state index contributed by atoms with van der Waals surface area (Å²) in [6.07, 6.45) is 1.40. The molecule has 2 atom stereocenters. The largest absolute Gasteiger partial charge is 0.489 e. The first-order chi connectivity index (χ1) is 13.8. The van der Waals surface area contributed by atoms with Crippen LogP contribution in [-0.4, -0.2) is 37.4 Å². The molecule has 0 amide bonds. The van der Waals surface area contributed by atoms with Crippen molar-refractivity contribution in [1.82, 2.24) is 0 Å². The van der Waals surface area contributed by atoms with E-state index in [0.29, 0.717) is 11.5 Å². The van der Waals surface area contributed by atoms with Crippen molar-refractivity contribution in [3.05, 3.63) is 61.2 Å². The highest BCUT2D eigenvalue weighted by molar-refractivity contribution is 5.94. The first-order valence-electron chi connectivity index (χ1n) is 9.29. The molecule has 6 nitrogen and oxygen atoms in total. The van der Waals surface area contributed by atoms with Gasteiger partial charge in [0.2, 0.25) is 0 Å². The molecule has 0 fully saturated rings. The van der Waals surface area contributed by atoms with E-state index < -0.39 is 24.1 Å². The highest BCUT2D eigenvalue weighted by atomic mass is 16.6. The molecule has 0 radical (unpaired) electrons. The average molecular weight is 398 g/mol. The van der Waals surface area contributed by atoms with E-state index in [1.54, 1.807) is 13.8 Å². The number of benzene rings is 2. The summed E-state index contributed by atoms with van der Waals surface area (Å²) < 4.78 is 22.1. The van der Waals surface area contributed by atoms with Crippen LogP contribution in [0, 0.1) is 6.92 Å². The predicted molar refractivity (Wildman–Crippen MR) is 111 cm³/mol. The molecule has 0 aliphatic carbocycles. The Kier molecular flexibility index (Phi) is 7.83. The third kappa shape index (κ3) is 6.10. The number of hydrogen-bond acceptors (Lipinski definition) is 6. The molecule has 0 saturated carbocycles. The van der Waals surface area contributed by atoms with Crippen LogP contribution in [0.4, 0.5) is 0 Å². The summed E-state index contributed by atoms with van der Waals surface area (Å²) in [5.41, 5.74) is 0.949. The van der Waals surface area contributed by atoms with E-state index in [-0.39, 0.29) is 13.2 Å². The lowest BCUT2D eigenvalue weighted by Crippen LogP contribution is -2.21. The number of hydrogen-bond donors (Lipinski definition) is 0. The van der Waals surface area contributed by atoms with Crippen LogP contribution in [0.1, 0.15) is 19.4 Å². The van der Waals surface area contributed by atoms with Crippen LogP contribution in [0.5, 0.6) is 11.5 Å². The second-order valence-corrected chi connectivity index (χ2v) is 6.59. The SMILES string of the molecule is C=CC(=O)OC(C)COc1cccc2c(OCC(C)OC(=O)C=C)c(C)ccc12. The lowest BCUT2D eigenvalue weighted by Gasteiger charge is -2.18. The summed E-state index contributed by atoms with van der Waals surface area (Å²) in [5, 5.41) is 1.74. The molecular formula is C23H26O6. The maximum Gasteiger partial charge on any atom is 0.330 e. The molecule has 2 unspecified atom stereocenters. The van der Waals surface area contributed by atoms with Gasteiger partial charge in [0, 0.05) is 22.9 Å². The second-order valence-electron chi connectivity index (χ2n) is 6.59. The van der Waals surface area contributed by atoms with E-state index in [0.717, 1.165) is 28.5 Å². The minimum absolute atomic E-state index is 0.206. The van der Waals surface area contributed by atoms with Crippen molar-refractivity contribution < 1.29 is 28.5 Å². The topological polar surface area (TPSA) is 71.1 Å². The highest BCUT2D eigenvalue weighted by Crippen LogP contribution is 2.35. The summed E-state index contributed by atoms with van der Waals surface area (Å²) in [6, 6.07) is 9.54. The van der Waals surface area contributed by atoms with Gasteiger partial charge in [0.1, 0.15) is 36.9 Å². The van der Waals surface area contributed by atoms with E-state index in [9.17, 15) is 9.59 Å². The number of aryl methyl sites for hydroxylation is 1. The van der Waals surface area contributed by atoms with E-state index in [4.69, 9.17) is 18.9 Å². The Hall–Kier alpha value is -3.28. The summed E-state index contributed by atoms with van der Waals surface area (Å²) in [5.74, 6) is 0.370. The van der Waals surface area contributed by atoms with Crippen molar-refractivity contribution in [3.63, 3.8) is 0 Å². The van der Waals surface area contributed by atoms with Crippen LogP contribution in [-0.2, 0) is 19.1 Å². The molecule has 0 aliphatic heterocycles. The Morgan fingerprint density at radius 1 is 0.897 bits per heavy atom. The van der Waals surface area contributed by atoms with Crippen molar-refractivity contribution in [2.24, 2.45) is 0 Å². The van der Waals surface area contributed by atoms with Crippen molar-refractivity contribution in [1.29, 1.82) is 0 Å². The van der Waals surface area contributed by atoms with E-state index >= 15 is 0 Å². The summed E-state index contributed by atoms with van der Waals surface area (Å²) in [4.78, 5) is 22.6.